The second kappa shape index (κ2) is 6.57. The Morgan fingerprint density at radius 1 is 1.12 bits per heavy atom. The van der Waals surface area contributed by atoms with Crippen LogP contribution in [0.5, 0.6) is 0 Å². The van der Waals surface area contributed by atoms with Gasteiger partial charge in [-0.05, 0) is 56.9 Å². The van der Waals surface area contributed by atoms with Gasteiger partial charge < -0.3 is 10.4 Å². The molecule has 0 aliphatic carbocycles. The van der Waals surface area contributed by atoms with Crippen LogP contribution in [0.2, 0.25) is 0 Å². The minimum atomic E-state index is -0.0214. The average molecular weight is 329 g/mol. The van der Waals surface area contributed by atoms with Crippen molar-refractivity contribution in [1.29, 1.82) is 5.41 Å². The van der Waals surface area contributed by atoms with Gasteiger partial charge in [0.25, 0.3) is 0 Å². The molecule has 0 saturated carbocycles. The Labute approximate surface area is 149 Å². The van der Waals surface area contributed by atoms with Crippen molar-refractivity contribution in [3.63, 3.8) is 0 Å². The molecule has 1 aromatic carbocycles. The van der Waals surface area contributed by atoms with E-state index in [2.05, 4.69) is 79.0 Å². The second-order valence-electron chi connectivity index (χ2n) is 7.50. The number of pyridine rings is 1. The highest BCUT2D eigenvalue weighted by Gasteiger charge is 2.06. The molecule has 2 aromatic heterocycles. The smallest absolute Gasteiger partial charge is 0.138 e. The highest BCUT2D eigenvalue weighted by molar-refractivity contribution is 5.83. The van der Waals surface area contributed by atoms with Gasteiger partial charge in [0.15, 0.2) is 0 Å². The highest BCUT2D eigenvalue weighted by atomic mass is 14.8. The van der Waals surface area contributed by atoms with E-state index in [0.717, 1.165) is 33.4 Å². The molecule has 0 bridgehead atoms. The van der Waals surface area contributed by atoms with E-state index in [4.69, 9.17) is 5.41 Å². The van der Waals surface area contributed by atoms with E-state index in [0.29, 0.717) is 12.1 Å². The monoisotopic (exact) mass is 329 g/mol. The molecule has 3 aromatic rings. The lowest BCUT2D eigenvalue weighted by Gasteiger charge is -2.06. The molecule has 0 aliphatic rings. The highest BCUT2D eigenvalue weighted by Crippen LogP contribution is 2.24. The Kier molecular flexibility index (Phi) is 4.46. The van der Waals surface area contributed by atoms with Gasteiger partial charge in [-0.15, -0.1) is 0 Å². The lowest BCUT2D eigenvalue weighted by Crippen LogP contribution is -1.99. The summed E-state index contributed by atoms with van der Waals surface area (Å²) in [5.74, 6) is 6.43. The van der Waals surface area contributed by atoms with Gasteiger partial charge in [-0.1, -0.05) is 30.2 Å². The maximum absolute atomic E-state index is 7.59. The molecule has 3 nitrogen and oxygen atoms in total. The number of fused-ring (bicyclic) bond motifs is 1. The van der Waals surface area contributed by atoms with Gasteiger partial charge in [-0.2, -0.15) is 0 Å². The van der Waals surface area contributed by atoms with E-state index in [1.165, 1.54) is 0 Å². The molecular formula is C22H23N3. The molecule has 3 rings (SSSR count). The Morgan fingerprint density at radius 2 is 1.84 bits per heavy atom. The van der Waals surface area contributed by atoms with Gasteiger partial charge in [0.2, 0.25) is 0 Å². The van der Waals surface area contributed by atoms with Crippen LogP contribution in [0.15, 0.2) is 42.6 Å². The standard InChI is InChI=1S/C22H23N3/c1-15(23)11-16-5-7-17(8-6-16)19-12-18-13-20(9-10-22(2,3)4)25-21(18)24-14-19/h5-8,12-14,23H,11H2,1-4H3,(H,24,25). The van der Waals surface area contributed by atoms with Crippen molar-refractivity contribution in [1.82, 2.24) is 9.97 Å². The normalized spacial score (nSPS) is 11.2. The van der Waals surface area contributed by atoms with Crippen LogP contribution in [0.4, 0.5) is 0 Å². The molecule has 0 atom stereocenters. The second-order valence-corrected chi connectivity index (χ2v) is 7.50. The summed E-state index contributed by atoms with van der Waals surface area (Å²) in [5.41, 5.74) is 5.78. The van der Waals surface area contributed by atoms with E-state index in [9.17, 15) is 0 Å². The van der Waals surface area contributed by atoms with Crippen molar-refractivity contribution in [3.05, 3.63) is 53.9 Å². The third kappa shape index (κ3) is 4.36. The first-order valence-electron chi connectivity index (χ1n) is 8.45. The lowest BCUT2D eigenvalue weighted by atomic mass is 9.98. The Bertz CT molecular complexity index is 974. The van der Waals surface area contributed by atoms with Crippen LogP contribution in [-0.4, -0.2) is 15.7 Å². The van der Waals surface area contributed by atoms with Gasteiger partial charge >= 0.3 is 0 Å². The van der Waals surface area contributed by atoms with Gasteiger partial charge in [-0.25, -0.2) is 4.98 Å². The Balaban J connectivity index is 1.90. The first-order valence-corrected chi connectivity index (χ1v) is 8.45. The predicted octanol–water partition coefficient (Wildman–Crippen LogP) is 5.21. The minimum absolute atomic E-state index is 0.0214. The summed E-state index contributed by atoms with van der Waals surface area (Å²) in [4.78, 5) is 7.81. The van der Waals surface area contributed by atoms with Crippen LogP contribution in [-0.2, 0) is 6.42 Å². The zero-order valence-corrected chi connectivity index (χ0v) is 15.2. The molecule has 0 saturated heterocycles. The molecule has 0 radical (unpaired) electrons. The molecule has 0 spiro atoms. The maximum atomic E-state index is 7.59. The quantitative estimate of drug-likeness (QED) is 0.503. The van der Waals surface area contributed by atoms with Gasteiger partial charge in [0.05, 0.1) is 5.69 Å². The molecule has 3 heteroatoms. The summed E-state index contributed by atoms with van der Waals surface area (Å²) in [6.45, 7) is 8.13. The number of aromatic amines is 1. The van der Waals surface area contributed by atoms with E-state index >= 15 is 0 Å². The first kappa shape index (κ1) is 17.0. The Morgan fingerprint density at radius 3 is 2.48 bits per heavy atom. The topological polar surface area (TPSA) is 52.5 Å². The molecule has 25 heavy (non-hydrogen) atoms. The number of nitrogens with zero attached hydrogens (tertiary/aromatic N) is 1. The van der Waals surface area contributed by atoms with Crippen LogP contribution in [0.1, 0.15) is 39.0 Å². The average Bonchev–Trinajstić information content (AvgIpc) is 2.94. The Hall–Kier alpha value is -2.86. The van der Waals surface area contributed by atoms with Crippen molar-refractivity contribution >= 4 is 16.7 Å². The fraction of sp³-hybridized carbons (Fsp3) is 0.273. The number of benzene rings is 1. The zero-order chi connectivity index (χ0) is 18.0. The van der Waals surface area contributed by atoms with E-state index < -0.39 is 0 Å². The van der Waals surface area contributed by atoms with Crippen molar-refractivity contribution in [2.24, 2.45) is 5.41 Å². The number of hydrogen-bond acceptors (Lipinski definition) is 2. The van der Waals surface area contributed by atoms with Crippen molar-refractivity contribution in [3.8, 4) is 23.0 Å². The fourth-order valence-electron chi connectivity index (χ4n) is 2.62. The minimum Gasteiger partial charge on any atom is -0.333 e. The molecule has 2 N–H and O–H groups in total. The van der Waals surface area contributed by atoms with Crippen molar-refractivity contribution in [2.45, 2.75) is 34.1 Å². The van der Waals surface area contributed by atoms with Crippen LogP contribution in [0.3, 0.4) is 0 Å². The van der Waals surface area contributed by atoms with Crippen LogP contribution < -0.4 is 0 Å². The summed E-state index contributed by atoms with van der Waals surface area (Å²) in [5, 5.41) is 8.66. The number of rotatable bonds is 3. The molecule has 126 valence electrons. The summed E-state index contributed by atoms with van der Waals surface area (Å²) in [6.07, 6.45) is 2.59. The van der Waals surface area contributed by atoms with E-state index in [1.54, 1.807) is 0 Å². The third-order valence-corrected chi connectivity index (χ3v) is 3.80. The van der Waals surface area contributed by atoms with E-state index in [-0.39, 0.29) is 5.41 Å². The molecular weight excluding hydrogens is 306 g/mol. The summed E-state index contributed by atoms with van der Waals surface area (Å²) in [7, 11) is 0. The van der Waals surface area contributed by atoms with Crippen LogP contribution in [0, 0.1) is 22.7 Å². The SMILES string of the molecule is CC(=N)Cc1ccc(-c2cnc3[nH]c(C#CC(C)(C)C)cc3c2)cc1. The van der Waals surface area contributed by atoms with Crippen molar-refractivity contribution < 1.29 is 0 Å². The molecule has 0 fully saturated rings. The summed E-state index contributed by atoms with van der Waals surface area (Å²) >= 11 is 0. The van der Waals surface area contributed by atoms with Gasteiger partial charge in [0, 0.05) is 34.7 Å². The van der Waals surface area contributed by atoms with Crippen LogP contribution in [0.25, 0.3) is 22.2 Å². The molecule has 0 unspecified atom stereocenters. The number of nitrogens with one attached hydrogen (secondary N) is 2. The van der Waals surface area contributed by atoms with Gasteiger partial charge in [-0.3, -0.25) is 0 Å². The number of hydrogen-bond donors (Lipinski definition) is 2. The zero-order valence-electron chi connectivity index (χ0n) is 15.2. The summed E-state index contributed by atoms with van der Waals surface area (Å²) in [6, 6.07) is 12.5. The number of aromatic nitrogens is 2. The lowest BCUT2D eigenvalue weighted by molar-refractivity contribution is 0.571. The maximum Gasteiger partial charge on any atom is 0.138 e. The summed E-state index contributed by atoms with van der Waals surface area (Å²) < 4.78 is 0. The van der Waals surface area contributed by atoms with Crippen LogP contribution >= 0.6 is 0 Å². The molecule has 0 amide bonds. The van der Waals surface area contributed by atoms with Crippen molar-refractivity contribution in [2.75, 3.05) is 0 Å². The first-order chi connectivity index (χ1) is 11.8. The molecule has 2 heterocycles. The fourth-order valence-corrected chi connectivity index (χ4v) is 2.62. The van der Waals surface area contributed by atoms with Gasteiger partial charge in [0.1, 0.15) is 5.65 Å². The molecule has 0 aliphatic heterocycles. The largest absolute Gasteiger partial charge is 0.333 e. The third-order valence-electron chi connectivity index (χ3n) is 3.80. The predicted molar refractivity (Wildman–Crippen MR) is 105 cm³/mol. The van der Waals surface area contributed by atoms with E-state index in [1.807, 2.05) is 13.1 Å². The number of H-pyrrole nitrogens is 1.